The first kappa shape index (κ1) is 16.0. The fourth-order valence-corrected chi connectivity index (χ4v) is 2.22. The number of anilines is 4. The zero-order valence-electron chi connectivity index (χ0n) is 12.8. The first-order valence-corrected chi connectivity index (χ1v) is 7.03. The van der Waals surface area contributed by atoms with Crippen LogP contribution in [0.3, 0.4) is 0 Å². The molecule has 2 heterocycles. The minimum Gasteiger partial charge on any atom is -0.478 e. The second-order valence-electron chi connectivity index (χ2n) is 5.13. The molecule has 0 aliphatic heterocycles. The first-order valence-electron chi connectivity index (χ1n) is 7.03. The van der Waals surface area contributed by atoms with Gasteiger partial charge in [0.15, 0.2) is 11.2 Å². The van der Waals surface area contributed by atoms with Gasteiger partial charge in [-0.2, -0.15) is 4.98 Å². The standard InChI is InChI=1S/C14H14N8O3/c15-8-6(13(24)25)1-2-7(9(8)16)18-3-5-4-19-11-10(20-5)12(23)22-14(17)21-11/h1-2,4,18H,3,15-16H2,(H,24,25)(H3,17,19,21,22,23). The largest absolute Gasteiger partial charge is 0.478 e. The van der Waals surface area contributed by atoms with E-state index in [1.54, 1.807) is 0 Å². The highest BCUT2D eigenvalue weighted by molar-refractivity contribution is 5.99. The molecule has 0 fully saturated rings. The molecule has 9 N–H and O–H groups in total. The van der Waals surface area contributed by atoms with Crippen molar-refractivity contribution < 1.29 is 9.90 Å². The van der Waals surface area contributed by atoms with Gasteiger partial charge in [0.05, 0.1) is 41.1 Å². The van der Waals surface area contributed by atoms with Gasteiger partial charge in [-0.1, -0.05) is 0 Å². The lowest BCUT2D eigenvalue weighted by Crippen LogP contribution is -2.15. The van der Waals surface area contributed by atoms with Crippen LogP contribution in [0.5, 0.6) is 0 Å². The number of carboxylic acids is 1. The molecule has 0 radical (unpaired) electrons. The SMILES string of the molecule is Nc1nc2ncc(CNc3ccc(C(=O)O)c(N)c3N)nc2c(=O)[nH]1. The van der Waals surface area contributed by atoms with Gasteiger partial charge in [-0.25, -0.2) is 14.8 Å². The molecule has 0 atom stereocenters. The molecule has 0 aliphatic carbocycles. The Morgan fingerprint density at radius 3 is 2.68 bits per heavy atom. The van der Waals surface area contributed by atoms with Crippen LogP contribution in [0, 0.1) is 0 Å². The zero-order chi connectivity index (χ0) is 18.1. The Balaban J connectivity index is 1.87. The summed E-state index contributed by atoms with van der Waals surface area (Å²) in [5.41, 5.74) is 17.6. The number of H-pyrrole nitrogens is 1. The molecule has 0 aliphatic rings. The highest BCUT2D eigenvalue weighted by Gasteiger charge is 2.13. The Morgan fingerprint density at radius 1 is 1.20 bits per heavy atom. The van der Waals surface area contributed by atoms with Crippen molar-refractivity contribution in [2.24, 2.45) is 0 Å². The van der Waals surface area contributed by atoms with Crippen LogP contribution >= 0.6 is 0 Å². The summed E-state index contributed by atoms with van der Waals surface area (Å²) in [5, 5.41) is 12.0. The lowest BCUT2D eigenvalue weighted by atomic mass is 10.1. The minimum absolute atomic E-state index is 0.0294. The molecule has 2 aromatic heterocycles. The van der Waals surface area contributed by atoms with E-state index < -0.39 is 11.5 Å². The molecule has 0 saturated heterocycles. The van der Waals surface area contributed by atoms with Crippen LogP contribution in [-0.4, -0.2) is 31.0 Å². The summed E-state index contributed by atoms with van der Waals surface area (Å²) in [7, 11) is 0. The normalized spacial score (nSPS) is 10.7. The molecule has 11 heteroatoms. The fraction of sp³-hybridized carbons (Fsp3) is 0.0714. The van der Waals surface area contributed by atoms with Crippen LogP contribution < -0.4 is 28.1 Å². The van der Waals surface area contributed by atoms with Crippen LogP contribution in [0.15, 0.2) is 23.1 Å². The lowest BCUT2D eigenvalue weighted by molar-refractivity contribution is 0.0698. The Hall–Kier alpha value is -3.89. The van der Waals surface area contributed by atoms with Crippen molar-refractivity contribution in [3.8, 4) is 0 Å². The van der Waals surface area contributed by atoms with Crippen molar-refractivity contribution in [2.45, 2.75) is 6.54 Å². The van der Waals surface area contributed by atoms with Gasteiger partial charge in [0.2, 0.25) is 5.95 Å². The van der Waals surface area contributed by atoms with Crippen molar-refractivity contribution in [1.82, 2.24) is 19.9 Å². The number of rotatable bonds is 4. The van der Waals surface area contributed by atoms with Gasteiger partial charge >= 0.3 is 5.97 Å². The Labute approximate surface area is 139 Å². The third-order valence-electron chi connectivity index (χ3n) is 3.46. The van der Waals surface area contributed by atoms with Crippen LogP contribution in [0.4, 0.5) is 23.0 Å². The molecule has 0 bridgehead atoms. The predicted molar refractivity (Wildman–Crippen MR) is 91.9 cm³/mol. The number of aromatic carboxylic acids is 1. The molecular formula is C14H14N8O3. The topological polar surface area (TPSA) is 199 Å². The monoisotopic (exact) mass is 342 g/mol. The molecule has 3 rings (SSSR count). The maximum atomic E-state index is 11.8. The van der Waals surface area contributed by atoms with E-state index in [9.17, 15) is 9.59 Å². The average Bonchev–Trinajstić information content (AvgIpc) is 2.56. The van der Waals surface area contributed by atoms with E-state index >= 15 is 0 Å². The summed E-state index contributed by atoms with van der Waals surface area (Å²) in [6.45, 7) is 0.183. The van der Waals surface area contributed by atoms with E-state index in [-0.39, 0.29) is 40.6 Å². The van der Waals surface area contributed by atoms with Gasteiger partial charge in [0.1, 0.15) is 0 Å². The van der Waals surface area contributed by atoms with Gasteiger partial charge in [-0.05, 0) is 12.1 Å². The summed E-state index contributed by atoms with van der Waals surface area (Å²) >= 11 is 0. The van der Waals surface area contributed by atoms with E-state index in [4.69, 9.17) is 22.3 Å². The number of aromatic nitrogens is 4. The second-order valence-corrected chi connectivity index (χ2v) is 5.13. The molecule has 3 aromatic rings. The Bertz CT molecular complexity index is 1050. The molecule has 0 amide bonds. The predicted octanol–water partition coefficient (Wildman–Crippen LogP) is -0.230. The van der Waals surface area contributed by atoms with Crippen LogP contribution in [-0.2, 0) is 6.54 Å². The molecule has 0 unspecified atom stereocenters. The highest BCUT2D eigenvalue weighted by Crippen LogP contribution is 2.28. The fourth-order valence-electron chi connectivity index (χ4n) is 2.22. The van der Waals surface area contributed by atoms with E-state index in [0.717, 1.165) is 0 Å². The maximum Gasteiger partial charge on any atom is 0.337 e. The molecule has 0 spiro atoms. The number of benzene rings is 1. The number of nitrogens with two attached hydrogens (primary N) is 3. The van der Waals surface area contributed by atoms with Gasteiger partial charge < -0.3 is 27.6 Å². The molecule has 11 nitrogen and oxygen atoms in total. The lowest BCUT2D eigenvalue weighted by Gasteiger charge is -2.12. The van der Waals surface area contributed by atoms with Gasteiger partial charge in [0, 0.05) is 0 Å². The number of nitrogens with one attached hydrogen (secondary N) is 2. The van der Waals surface area contributed by atoms with Crippen molar-refractivity contribution in [2.75, 3.05) is 22.5 Å². The van der Waals surface area contributed by atoms with E-state index in [1.165, 1.54) is 18.3 Å². The molecule has 1 aromatic carbocycles. The summed E-state index contributed by atoms with van der Waals surface area (Å²) in [4.78, 5) is 37.3. The van der Waals surface area contributed by atoms with E-state index in [0.29, 0.717) is 11.4 Å². The average molecular weight is 342 g/mol. The third kappa shape index (κ3) is 2.97. The quantitative estimate of drug-likeness (QED) is 0.344. The Kier molecular flexibility index (Phi) is 3.81. The van der Waals surface area contributed by atoms with Gasteiger partial charge in [-0.15, -0.1) is 0 Å². The summed E-state index contributed by atoms with van der Waals surface area (Å²) in [5.74, 6) is -1.21. The third-order valence-corrected chi connectivity index (χ3v) is 3.46. The van der Waals surface area contributed by atoms with Gasteiger partial charge in [-0.3, -0.25) is 9.78 Å². The minimum atomic E-state index is -1.16. The van der Waals surface area contributed by atoms with E-state index in [2.05, 4.69) is 25.3 Å². The number of carboxylic acid groups (broad SMARTS) is 1. The highest BCUT2D eigenvalue weighted by atomic mass is 16.4. The van der Waals surface area contributed by atoms with Crippen molar-refractivity contribution in [3.63, 3.8) is 0 Å². The smallest absolute Gasteiger partial charge is 0.337 e. The molecule has 0 saturated carbocycles. The summed E-state index contributed by atoms with van der Waals surface area (Å²) < 4.78 is 0. The molecule has 25 heavy (non-hydrogen) atoms. The summed E-state index contributed by atoms with van der Waals surface area (Å²) in [6.07, 6.45) is 1.44. The number of aromatic amines is 1. The first-order chi connectivity index (χ1) is 11.9. The van der Waals surface area contributed by atoms with Crippen LogP contribution in [0.2, 0.25) is 0 Å². The number of carbonyl (C=O) groups is 1. The van der Waals surface area contributed by atoms with Crippen molar-refractivity contribution in [3.05, 3.63) is 39.9 Å². The number of nitrogen functional groups attached to an aromatic ring is 3. The molecule has 128 valence electrons. The number of hydrogen-bond acceptors (Lipinski definition) is 9. The Morgan fingerprint density at radius 2 is 1.96 bits per heavy atom. The van der Waals surface area contributed by atoms with Gasteiger partial charge in [0.25, 0.3) is 5.56 Å². The molecular weight excluding hydrogens is 328 g/mol. The second kappa shape index (κ2) is 5.96. The van der Waals surface area contributed by atoms with Crippen LogP contribution in [0.1, 0.15) is 16.1 Å². The zero-order valence-corrected chi connectivity index (χ0v) is 12.8. The summed E-state index contributed by atoms with van der Waals surface area (Å²) in [6, 6.07) is 2.85. The number of nitrogens with zero attached hydrogens (tertiary/aromatic N) is 3. The number of fused-ring (bicyclic) bond motifs is 1. The van der Waals surface area contributed by atoms with Crippen molar-refractivity contribution in [1.29, 1.82) is 0 Å². The van der Waals surface area contributed by atoms with Crippen molar-refractivity contribution >= 4 is 40.1 Å². The number of hydrogen-bond donors (Lipinski definition) is 6. The van der Waals surface area contributed by atoms with Crippen LogP contribution in [0.25, 0.3) is 11.2 Å². The maximum absolute atomic E-state index is 11.8. The van der Waals surface area contributed by atoms with E-state index in [1.807, 2.05) is 0 Å².